The molecule has 1 nitrogen and oxygen atoms in total. The summed E-state index contributed by atoms with van der Waals surface area (Å²) in [4.78, 5) is 0. The highest BCUT2D eigenvalue weighted by molar-refractivity contribution is 5.65. The molecule has 0 aliphatic carbocycles. The quantitative estimate of drug-likeness (QED) is 0.716. The fourth-order valence-electron chi connectivity index (χ4n) is 2.12. The van der Waals surface area contributed by atoms with Crippen LogP contribution in [0.4, 0.5) is 10.1 Å². The topological polar surface area (TPSA) is 12.0 Å². The monoisotopic (exact) mass is 191 g/mol. The van der Waals surface area contributed by atoms with Crippen LogP contribution in [-0.2, 0) is 0 Å². The van der Waals surface area contributed by atoms with Crippen molar-refractivity contribution in [1.29, 1.82) is 0 Å². The third-order valence-corrected chi connectivity index (χ3v) is 2.70. The van der Waals surface area contributed by atoms with E-state index in [0.29, 0.717) is 5.92 Å². The van der Waals surface area contributed by atoms with Crippen LogP contribution in [0.15, 0.2) is 30.5 Å². The molecule has 1 aromatic rings. The molecule has 1 aromatic carbocycles. The van der Waals surface area contributed by atoms with E-state index in [9.17, 15) is 4.39 Å². The zero-order valence-corrected chi connectivity index (χ0v) is 8.47. The van der Waals surface area contributed by atoms with Crippen molar-refractivity contribution in [2.75, 3.05) is 5.32 Å². The fraction of sp³-hybridized carbons (Fsp3) is 0.333. The van der Waals surface area contributed by atoms with Crippen molar-refractivity contribution < 1.29 is 4.39 Å². The molecule has 0 bridgehead atoms. The van der Waals surface area contributed by atoms with E-state index >= 15 is 0 Å². The molecular weight excluding hydrogens is 177 g/mol. The Kier molecular flexibility index (Phi) is 2.06. The zero-order chi connectivity index (χ0) is 10.3. The maximum absolute atomic E-state index is 13.6. The molecule has 1 aliphatic rings. The molecule has 1 aliphatic heterocycles. The van der Waals surface area contributed by atoms with Gasteiger partial charge in [-0.3, -0.25) is 0 Å². The summed E-state index contributed by atoms with van der Waals surface area (Å²) in [6.45, 7) is 8.10. The minimum atomic E-state index is -0.132. The van der Waals surface area contributed by atoms with Crippen molar-refractivity contribution in [2.45, 2.75) is 19.8 Å². The second-order valence-electron chi connectivity index (χ2n) is 4.07. The molecule has 14 heavy (non-hydrogen) atoms. The number of allylic oxidation sites excluding steroid dienone is 1. The molecule has 1 N–H and O–H groups in total. The van der Waals surface area contributed by atoms with Crippen LogP contribution in [0.25, 0.3) is 0 Å². The Morgan fingerprint density at radius 2 is 2.14 bits per heavy atom. The number of benzene rings is 1. The summed E-state index contributed by atoms with van der Waals surface area (Å²) in [5.41, 5.74) is 2.54. The molecule has 0 radical (unpaired) electrons. The highest BCUT2D eigenvalue weighted by Gasteiger charge is 2.30. The van der Waals surface area contributed by atoms with Gasteiger partial charge in [-0.1, -0.05) is 26.5 Å². The van der Waals surface area contributed by atoms with Gasteiger partial charge in [0, 0.05) is 22.9 Å². The average molecular weight is 191 g/mol. The minimum absolute atomic E-state index is 0.103. The van der Waals surface area contributed by atoms with Gasteiger partial charge in [-0.2, -0.15) is 0 Å². The number of halogens is 1. The highest BCUT2D eigenvalue weighted by Crippen LogP contribution is 2.43. The molecule has 0 aromatic heterocycles. The normalized spacial score (nSPS) is 19.7. The van der Waals surface area contributed by atoms with Gasteiger partial charge in [0.2, 0.25) is 0 Å². The molecule has 1 unspecified atom stereocenters. The van der Waals surface area contributed by atoms with Crippen LogP contribution in [0.5, 0.6) is 0 Å². The van der Waals surface area contributed by atoms with Crippen LogP contribution in [0.3, 0.4) is 0 Å². The lowest BCUT2D eigenvalue weighted by Gasteiger charge is -2.16. The standard InChI is InChI=1S/C12H14FN/c1-7(2)11-8(3)14-10-6-4-5-9(13)12(10)11/h4-7,11,14H,3H2,1-2H3. The van der Waals surface area contributed by atoms with Gasteiger partial charge in [0.15, 0.2) is 0 Å². The maximum atomic E-state index is 13.6. The summed E-state index contributed by atoms with van der Waals surface area (Å²) >= 11 is 0. The molecule has 0 spiro atoms. The molecular formula is C12H14FN. The molecule has 2 rings (SSSR count). The van der Waals surface area contributed by atoms with E-state index in [0.717, 1.165) is 16.9 Å². The first-order valence-corrected chi connectivity index (χ1v) is 4.85. The molecule has 74 valence electrons. The van der Waals surface area contributed by atoms with Gasteiger partial charge in [-0.05, 0) is 18.1 Å². The van der Waals surface area contributed by atoms with E-state index in [-0.39, 0.29) is 11.7 Å². The minimum Gasteiger partial charge on any atom is -0.359 e. The Hall–Kier alpha value is -1.31. The summed E-state index contributed by atoms with van der Waals surface area (Å²) < 4.78 is 13.6. The lowest BCUT2D eigenvalue weighted by molar-refractivity contribution is 0.532. The highest BCUT2D eigenvalue weighted by atomic mass is 19.1. The number of hydrogen-bond acceptors (Lipinski definition) is 1. The largest absolute Gasteiger partial charge is 0.359 e. The van der Waals surface area contributed by atoms with Crippen molar-refractivity contribution in [3.8, 4) is 0 Å². The van der Waals surface area contributed by atoms with E-state index in [2.05, 4.69) is 25.7 Å². The summed E-state index contributed by atoms with van der Waals surface area (Å²) in [5.74, 6) is 0.340. The van der Waals surface area contributed by atoms with Crippen LogP contribution in [-0.4, -0.2) is 0 Å². The van der Waals surface area contributed by atoms with Crippen LogP contribution in [0, 0.1) is 11.7 Å². The smallest absolute Gasteiger partial charge is 0.129 e. The Bertz CT molecular complexity index is 382. The number of fused-ring (bicyclic) bond motifs is 1. The zero-order valence-electron chi connectivity index (χ0n) is 8.47. The molecule has 0 amide bonds. The van der Waals surface area contributed by atoms with Gasteiger partial charge < -0.3 is 5.32 Å². The lowest BCUT2D eigenvalue weighted by atomic mass is 9.88. The van der Waals surface area contributed by atoms with Crippen LogP contribution >= 0.6 is 0 Å². The van der Waals surface area contributed by atoms with Crippen molar-refractivity contribution >= 4 is 5.69 Å². The SMILES string of the molecule is C=C1Nc2cccc(F)c2C1C(C)C. The predicted octanol–water partition coefficient (Wildman–Crippen LogP) is 3.50. The molecule has 0 saturated heterocycles. The number of hydrogen-bond donors (Lipinski definition) is 1. The third-order valence-electron chi connectivity index (χ3n) is 2.70. The first-order chi connectivity index (χ1) is 6.61. The van der Waals surface area contributed by atoms with E-state index in [1.54, 1.807) is 6.07 Å². The second kappa shape index (κ2) is 3.12. The van der Waals surface area contributed by atoms with Gasteiger partial charge in [-0.25, -0.2) is 4.39 Å². The molecule has 0 saturated carbocycles. The maximum Gasteiger partial charge on any atom is 0.129 e. The summed E-state index contributed by atoms with van der Waals surface area (Å²) in [5, 5.41) is 3.14. The lowest BCUT2D eigenvalue weighted by Crippen LogP contribution is -2.07. The summed E-state index contributed by atoms with van der Waals surface area (Å²) in [7, 11) is 0. The summed E-state index contributed by atoms with van der Waals surface area (Å²) in [6.07, 6.45) is 0. The number of anilines is 1. The molecule has 1 atom stereocenters. The summed E-state index contributed by atoms with van der Waals surface area (Å²) in [6, 6.07) is 5.12. The van der Waals surface area contributed by atoms with Crippen LogP contribution in [0.2, 0.25) is 0 Å². The van der Waals surface area contributed by atoms with E-state index < -0.39 is 0 Å². The fourth-order valence-corrected chi connectivity index (χ4v) is 2.12. The van der Waals surface area contributed by atoms with Crippen LogP contribution < -0.4 is 5.32 Å². The van der Waals surface area contributed by atoms with Crippen LogP contribution in [0.1, 0.15) is 25.3 Å². The van der Waals surface area contributed by atoms with Gasteiger partial charge in [0.05, 0.1) is 0 Å². The second-order valence-corrected chi connectivity index (χ2v) is 4.07. The van der Waals surface area contributed by atoms with Crippen molar-refractivity contribution in [3.63, 3.8) is 0 Å². The van der Waals surface area contributed by atoms with E-state index in [1.165, 1.54) is 6.07 Å². The van der Waals surface area contributed by atoms with Gasteiger partial charge in [-0.15, -0.1) is 0 Å². The van der Waals surface area contributed by atoms with Gasteiger partial charge in [0.25, 0.3) is 0 Å². The Balaban J connectivity index is 2.55. The first kappa shape index (κ1) is 9.25. The molecule has 1 heterocycles. The molecule has 0 fully saturated rings. The Labute approximate surface area is 83.6 Å². The average Bonchev–Trinajstić information content (AvgIpc) is 2.42. The Morgan fingerprint density at radius 3 is 2.79 bits per heavy atom. The van der Waals surface area contributed by atoms with E-state index in [1.807, 2.05) is 6.07 Å². The molecule has 2 heteroatoms. The predicted molar refractivity (Wildman–Crippen MR) is 56.7 cm³/mol. The Morgan fingerprint density at radius 1 is 1.43 bits per heavy atom. The number of rotatable bonds is 1. The van der Waals surface area contributed by atoms with Crippen molar-refractivity contribution in [1.82, 2.24) is 0 Å². The first-order valence-electron chi connectivity index (χ1n) is 4.85. The van der Waals surface area contributed by atoms with E-state index in [4.69, 9.17) is 0 Å². The van der Waals surface area contributed by atoms with Gasteiger partial charge in [0.1, 0.15) is 5.82 Å². The van der Waals surface area contributed by atoms with Crippen molar-refractivity contribution in [2.24, 2.45) is 5.92 Å². The van der Waals surface area contributed by atoms with Gasteiger partial charge >= 0.3 is 0 Å². The third kappa shape index (κ3) is 1.22. The van der Waals surface area contributed by atoms with Crippen molar-refractivity contribution in [3.05, 3.63) is 41.9 Å². The number of nitrogens with one attached hydrogen (secondary N) is 1.